The number of nitrogens with zero attached hydrogens (tertiary/aromatic N) is 2. The Labute approximate surface area is 170 Å². The minimum Gasteiger partial charge on any atom is -0.497 e. The number of ether oxygens (including phenoxy) is 2. The highest BCUT2D eigenvalue weighted by Gasteiger charge is 1.98. The molecule has 2 aromatic carbocycles. The fourth-order valence-corrected chi connectivity index (χ4v) is 2.70. The van der Waals surface area contributed by atoms with Crippen molar-refractivity contribution in [1.29, 1.82) is 0 Å². The van der Waals surface area contributed by atoms with E-state index >= 15 is 0 Å². The molecule has 0 bridgehead atoms. The van der Waals surface area contributed by atoms with Crippen LogP contribution in [0.15, 0.2) is 73.3 Å². The Bertz CT molecular complexity index is 902. The molecule has 6 heteroatoms. The lowest BCUT2D eigenvalue weighted by atomic mass is 10.2. The molecule has 6 nitrogen and oxygen atoms in total. The number of amides is 1. The molecule has 0 aliphatic rings. The van der Waals surface area contributed by atoms with E-state index in [1.165, 1.54) is 0 Å². The SMILES string of the molecule is COc1ccc(COCCCNC(=O)/C=C/c2ccc(-n3ccnc3)cc2)cc1. The number of imidazole rings is 1. The summed E-state index contributed by atoms with van der Waals surface area (Å²) in [4.78, 5) is 16.0. The molecule has 29 heavy (non-hydrogen) atoms. The summed E-state index contributed by atoms with van der Waals surface area (Å²) in [6.07, 6.45) is 9.48. The van der Waals surface area contributed by atoms with Crippen molar-refractivity contribution in [2.24, 2.45) is 0 Å². The highest BCUT2D eigenvalue weighted by Crippen LogP contribution is 2.12. The summed E-state index contributed by atoms with van der Waals surface area (Å²) in [6.45, 7) is 1.71. The Kier molecular flexibility index (Phi) is 7.60. The average Bonchev–Trinajstić information content (AvgIpc) is 3.30. The van der Waals surface area contributed by atoms with Gasteiger partial charge in [-0.25, -0.2) is 4.98 Å². The summed E-state index contributed by atoms with van der Waals surface area (Å²) in [6, 6.07) is 15.7. The molecule has 0 aliphatic carbocycles. The third-order valence-electron chi connectivity index (χ3n) is 4.32. The van der Waals surface area contributed by atoms with Crippen LogP contribution < -0.4 is 10.1 Å². The van der Waals surface area contributed by atoms with E-state index in [1.807, 2.05) is 59.3 Å². The molecular formula is C23H25N3O3. The predicted molar refractivity (Wildman–Crippen MR) is 113 cm³/mol. The van der Waals surface area contributed by atoms with Gasteiger partial charge in [0.05, 0.1) is 20.0 Å². The number of carbonyl (C=O) groups is 1. The fourth-order valence-electron chi connectivity index (χ4n) is 2.70. The van der Waals surface area contributed by atoms with Crippen LogP contribution in [0, 0.1) is 0 Å². The van der Waals surface area contributed by atoms with Crippen LogP contribution in [-0.2, 0) is 16.1 Å². The van der Waals surface area contributed by atoms with Crippen LogP contribution >= 0.6 is 0 Å². The maximum Gasteiger partial charge on any atom is 0.244 e. The third-order valence-corrected chi connectivity index (χ3v) is 4.32. The van der Waals surface area contributed by atoms with Crippen LogP contribution in [0.5, 0.6) is 5.75 Å². The van der Waals surface area contributed by atoms with Crippen molar-refractivity contribution < 1.29 is 14.3 Å². The molecule has 0 atom stereocenters. The molecule has 0 aliphatic heterocycles. The van der Waals surface area contributed by atoms with Crippen LogP contribution in [-0.4, -0.2) is 35.7 Å². The van der Waals surface area contributed by atoms with Crippen LogP contribution in [0.3, 0.4) is 0 Å². The van der Waals surface area contributed by atoms with Crippen LogP contribution in [0.25, 0.3) is 11.8 Å². The number of carbonyl (C=O) groups excluding carboxylic acids is 1. The van der Waals surface area contributed by atoms with E-state index < -0.39 is 0 Å². The number of methoxy groups -OCH3 is 1. The Hall–Kier alpha value is -3.38. The van der Waals surface area contributed by atoms with Gasteiger partial charge in [-0.15, -0.1) is 0 Å². The van der Waals surface area contributed by atoms with E-state index in [2.05, 4.69) is 10.3 Å². The number of benzene rings is 2. The molecule has 0 unspecified atom stereocenters. The first-order valence-corrected chi connectivity index (χ1v) is 9.49. The van der Waals surface area contributed by atoms with Gasteiger partial charge in [-0.2, -0.15) is 0 Å². The third kappa shape index (κ3) is 6.62. The Morgan fingerprint density at radius 1 is 1.14 bits per heavy atom. The van der Waals surface area contributed by atoms with Crippen molar-refractivity contribution in [1.82, 2.24) is 14.9 Å². The molecule has 0 saturated heterocycles. The van der Waals surface area contributed by atoms with E-state index in [1.54, 1.807) is 31.8 Å². The molecular weight excluding hydrogens is 366 g/mol. The molecule has 3 aromatic rings. The summed E-state index contributed by atoms with van der Waals surface area (Å²) in [7, 11) is 1.65. The molecule has 3 rings (SSSR count). The quantitative estimate of drug-likeness (QED) is 0.423. The zero-order valence-electron chi connectivity index (χ0n) is 16.5. The zero-order chi connectivity index (χ0) is 20.3. The molecule has 0 saturated carbocycles. The second-order valence-electron chi connectivity index (χ2n) is 6.44. The molecule has 0 fully saturated rings. The Morgan fingerprint density at radius 3 is 2.62 bits per heavy atom. The highest BCUT2D eigenvalue weighted by molar-refractivity contribution is 5.91. The number of aromatic nitrogens is 2. The van der Waals surface area contributed by atoms with E-state index in [9.17, 15) is 4.79 Å². The van der Waals surface area contributed by atoms with Gasteiger partial charge in [-0.1, -0.05) is 24.3 Å². The number of hydrogen-bond acceptors (Lipinski definition) is 4. The maximum absolute atomic E-state index is 11.9. The minimum absolute atomic E-state index is 0.112. The van der Waals surface area contributed by atoms with Crippen molar-refractivity contribution in [3.8, 4) is 11.4 Å². The number of hydrogen-bond donors (Lipinski definition) is 1. The monoisotopic (exact) mass is 391 g/mol. The van der Waals surface area contributed by atoms with Gasteiger partial charge in [0.15, 0.2) is 0 Å². The first-order valence-electron chi connectivity index (χ1n) is 9.49. The van der Waals surface area contributed by atoms with E-state index in [0.717, 1.165) is 29.0 Å². The normalized spacial score (nSPS) is 10.9. The van der Waals surface area contributed by atoms with Crippen molar-refractivity contribution in [2.45, 2.75) is 13.0 Å². The molecule has 0 radical (unpaired) electrons. The second kappa shape index (κ2) is 10.8. The lowest BCUT2D eigenvalue weighted by Crippen LogP contribution is -2.23. The fraction of sp³-hybridized carbons (Fsp3) is 0.217. The van der Waals surface area contributed by atoms with Gasteiger partial charge in [0.25, 0.3) is 0 Å². The summed E-state index contributed by atoms with van der Waals surface area (Å²) in [5, 5.41) is 2.87. The minimum atomic E-state index is -0.112. The standard InChI is InChI=1S/C23H25N3O3/c1-28-22-10-5-20(6-11-22)17-29-16-2-13-25-23(27)12-7-19-3-8-21(9-4-19)26-15-14-24-18-26/h3-12,14-15,18H,2,13,16-17H2,1H3,(H,25,27)/b12-7+. The van der Waals surface area contributed by atoms with Crippen molar-refractivity contribution in [2.75, 3.05) is 20.3 Å². The average molecular weight is 391 g/mol. The first kappa shape index (κ1) is 20.4. The Morgan fingerprint density at radius 2 is 1.93 bits per heavy atom. The number of rotatable bonds is 10. The summed E-state index contributed by atoms with van der Waals surface area (Å²) >= 11 is 0. The first-order chi connectivity index (χ1) is 14.2. The zero-order valence-corrected chi connectivity index (χ0v) is 16.5. The van der Waals surface area contributed by atoms with Crippen LogP contribution in [0.2, 0.25) is 0 Å². The van der Waals surface area contributed by atoms with Gasteiger partial charge in [0.1, 0.15) is 5.75 Å². The summed E-state index contributed by atoms with van der Waals surface area (Å²) in [5.41, 5.74) is 3.09. The van der Waals surface area contributed by atoms with Gasteiger partial charge in [-0.05, 0) is 47.9 Å². The lowest BCUT2D eigenvalue weighted by molar-refractivity contribution is -0.116. The van der Waals surface area contributed by atoms with Gasteiger partial charge in [-0.3, -0.25) is 4.79 Å². The lowest BCUT2D eigenvalue weighted by Gasteiger charge is -2.06. The smallest absolute Gasteiger partial charge is 0.244 e. The topological polar surface area (TPSA) is 65.4 Å². The molecule has 1 heterocycles. The van der Waals surface area contributed by atoms with Crippen LogP contribution in [0.4, 0.5) is 0 Å². The number of nitrogens with one attached hydrogen (secondary N) is 1. The summed E-state index contributed by atoms with van der Waals surface area (Å²) in [5.74, 6) is 0.720. The van der Waals surface area contributed by atoms with Crippen molar-refractivity contribution >= 4 is 12.0 Å². The van der Waals surface area contributed by atoms with Crippen molar-refractivity contribution in [3.63, 3.8) is 0 Å². The summed E-state index contributed by atoms with van der Waals surface area (Å²) < 4.78 is 12.7. The molecule has 1 amide bonds. The van der Waals surface area contributed by atoms with Gasteiger partial charge >= 0.3 is 0 Å². The molecule has 150 valence electrons. The Balaban J connectivity index is 1.31. The second-order valence-corrected chi connectivity index (χ2v) is 6.44. The van der Waals surface area contributed by atoms with Gasteiger partial charge in [0.2, 0.25) is 5.91 Å². The maximum atomic E-state index is 11.9. The van der Waals surface area contributed by atoms with Gasteiger partial charge < -0.3 is 19.4 Å². The largest absolute Gasteiger partial charge is 0.497 e. The predicted octanol–water partition coefficient (Wildman–Crippen LogP) is 3.62. The molecule has 1 N–H and O–H groups in total. The highest BCUT2D eigenvalue weighted by atomic mass is 16.5. The van der Waals surface area contributed by atoms with E-state index in [-0.39, 0.29) is 5.91 Å². The van der Waals surface area contributed by atoms with E-state index in [4.69, 9.17) is 9.47 Å². The molecule has 1 aromatic heterocycles. The van der Waals surface area contributed by atoms with Gasteiger partial charge in [0, 0.05) is 37.3 Å². The van der Waals surface area contributed by atoms with Crippen molar-refractivity contribution in [3.05, 3.63) is 84.5 Å². The van der Waals surface area contributed by atoms with E-state index in [0.29, 0.717) is 19.8 Å². The molecule has 0 spiro atoms. The van der Waals surface area contributed by atoms with Crippen LogP contribution in [0.1, 0.15) is 17.5 Å².